The molecule has 1 atom stereocenters. The number of hydrogen-bond donors (Lipinski definition) is 2. The maximum Gasteiger partial charge on any atom is 0.417 e. The van der Waals surface area contributed by atoms with Gasteiger partial charge in [-0.2, -0.15) is 13.2 Å². The van der Waals surface area contributed by atoms with Gasteiger partial charge in [0.15, 0.2) is 0 Å². The standard InChI is InChI=1S/C12H14BrF3N2O2S/c13-11-4-3-9(6-10(11)12(14,15)16)21(19,20)18-7-8-2-1-5-17-8/h3-4,6,8,17-18H,1-2,5,7H2. The third kappa shape index (κ3) is 4.18. The smallest absolute Gasteiger partial charge is 0.313 e. The summed E-state index contributed by atoms with van der Waals surface area (Å²) in [5, 5.41) is 3.11. The van der Waals surface area contributed by atoms with Crippen molar-refractivity contribution in [3.63, 3.8) is 0 Å². The highest BCUT2D eigenvalue weighted by Gasteiger charge is 2.34. The molecule has 0 radical (unpaired) electrons. The van der Waals surface area contributed by atoms with Gasteiger partial charge in [-0.05, 0) is 37.6 Å². The zero-order chi connectivity index (χ0) is 15.7. The Kier molecular flexibility index (Phi) is 4.96. The molecule has 21 heavy (non-hydrogen) atoms. The Balaban J connectivity index is 2.19. The summed E-state index contributed by atoms with van der Waals surface area (Å²) in [4.78, 5) is -0.393. The van der Waals surface area contributed by atoms with Crippen molar-refractivity contribution >= 4 is 26.0 Å². The van der Waals surface area contributed by atoms with Crippen LogP contribution in [0.3, 0.4) is 0 Å². The molecule has 0 aliphatic carbocycles. The summed E-state index contributed by atoms with van der Waals surface area (Å²) in [6.07, 6.45) is -2.81. The van der Waals surface area contributed by atoms with Crippen molar-refractivity contribution in [1.29, 1.82) is 0 Å². The summed E-state index contributed by atoms with van der Waals surface area (Å²) in [7, 11) is -3.96. The first-order chi connectivity index (χ1) is 9.70. The van der Waals surface area contributed by atoms with Crippen LogP contribution in [0, 0.1) is 0 Å². The first-order valence-electron chi connectivity index (χ1n) is 6.30. The minimum Gasteiger partial charge on any atom is -0.313 e. The molecular weight excluding hydrogens is 373 g/mol. The molecule has 1 unspecified atom stereocenters. The van der Waals surface area contributed by atoms with Gasteiger partial charge in [-0.1, -0.05) is 15.9 Å². The number of benzene rings is 1. The quantitative estimate of drug-likeness (QED) is 0.835. The van der Waals surface area contributed by atoms with Gasteiger partial charge >= 0.3 is 6.18 Å². The van der Waals surface area contributed by atoms with E-state index in [2.05, 4.69) is 26.0 Å². The second kappa shape index (κ2) is 6.23. The van der Waals surface area contributed by atoms with Crippen molar-refractivity contribution in [2.45, 2.75) is 30.0 Å². The molecule has 1 aliphatic rings. The van der Waals surface area contributed by atoms with Gasteiger partial charge in [-0.25, -0.2) is 13.1 Å². The maximum atomic E-state index is 12.8. The molecule has 0 saturated carbocycles. The topological polar surface area (TPSA) is 58.2 Å². The Hall–Kier alpha value is -0.640. The average molecular weight is 387 g/mol. The van der Waals surface area contributed by atoms with Crippen LogP contribution in [0.1, 0.15) is 18.4 Å². The van der Waals surface area contributed by atoms with Gasteiger partial charge in [-0.15, -0.1) is 0 Å². The summed E-state index contributed by atoms with van der Waals surface area (Å²) in [6, 6.07) is 2.89. The third-order valence-corrected chi connectivity index (χ3v) is 5.35. The summed E-state index contributed by atoms with van der Waals surface area (Å²) in [5.41, 5.74) is -1.01. The summed E-state index contributed by atoms with van der Waals surface area (Å²) in [6.45, 7) is 0.989. The lowest BCUT2D eigenvalue weighted by molar-refractivity contribution is -0.138. The number of rotatable bonds is 4. The molecule has 2 N–H and O–H groups in total. The molecule has 0 amide bonds. The molecule has 1 aliphatic heterocycles. The van der Waals surface area contributed by atoms with Crippen molar-refractivity contribution in [3.8, 4) is 0 Å². The van der Waals surface area contributed by atoms with Gasteiger partial charge < -0.3 is 5.32 Å². The van der Waals surface area contributed by atoms with E-state index in [1.54, 1.807) is 0 Å². The van der Waals surface area contributed by atoms with Crippen LogP contribution in [0.4, 0.5) is 13.2 Å². The highest BCUT2D eigenvalue weighted by molar-refractivity contribution is 9.10. The largest absolute Gasteiger partial charge is 0.417 e. The van der Waals surface area contributed by atoms with Crippen LogP contribution in [0.2, 0.25) is 0 Å². The van der Waals surface area contributed by atoms with Crippen LogP contribution in [-0.4, -0.2) is 27.5 Å². The number of alkyl halides is 3. The van der Waals surface area contributed by atoms with Gasteiger partial charge in [0.2, 0.25) is 10.0 Å². The Morgan fingerprint density at radius 1 is 1.38 bits per heavy atom. The lowest BCUT2D eigenvalue weighted by Gasteiger charge is -2.14. The number of hydrogen-bond acceptors (Lipinski definition) is 3. The van der Waals surface area contributed by atoms with E-state index in [1.807, 2.05) is 0 Å². The van der Waals surface area contributed by atoms with Crippen molar-refractivity contribution in [2.75, 3.05) is 13.1 Å². The zero-order valence-electron chi connectivity index (χ0n) is 10.9. The molecule has 1 fully saturated rings. The summed E-state index contributed by atoms with van der Waals surface area (Å²) in [5.74, 6) is 0. The molecule has 0 spiro atoms. The van der Waals surface area contributed by atoms with Crippen LogP contribution in [0.5, 0.6) is 0 Å². The van der Waals surface area contributed by atoms with Crippen LogP contribution in [0.25, 0.3) is 0 Å². The molecule has 1 aromatic carbocycles. The van der Waals surface area contributed by atoms with Crippen LogP contribution in [-0.2, 0) is 16.2 Å². The van der Waals surface area contributed by atoms with Crippen LogP contribution >= 0.6 is 15.9 Å². The number of sulfonamides is 1. The highest BCUT2D eigenvalue weighted by atomic mass is 79.9. The Morgan fingerprint density at radius 3 is 2.67 bits per heavy atom. The SMILES string of the molecule is O=S(=O)(NCC1CCCN1)c1ccc(Br)c(C(F)(F)F)c1. The van der Waals surface area contributed by atoms with E-state index >= 15 is 0 Å². The second-order valence-electron chi connectivity index (χ2n) is 4.78. The lowest BCUT2D eigenvalue weighted by atomic mass is 10.2. The molecule has 1 aromatic rings. The maximum absolute atomic E-state index is 12.8. The fourth-order valence-corrected chi connectivity index (χ4v) is 3.69. The Bertz CT molecular complexity index is 613. The number of halogens is 4. The molecular formula is C12H14BrF3N2O2S. The minimum atomic E-state index is -4.61. The van der Waals surface area contributed by atoms with Crippen LogP contribution < -0.4 is 10.0 Å². The van der Waals surface area contributed by atoms with E-state index in [4.69, 9.17) is 0 Å². The third-order valence-electron chi connectivity index (χ3n) is 3.24. The monoisotopic (exact) mass is 386 g/mol. The van der Waals surface area contributed by atoms with E-state index in [1.165, 1.54) is 0 Å². The predicted octanol–water partition coefficient (Wildman–Crippen LogP) is 2.50. The Labute approximate surface area is 129 Å². The van der Waals surface area contributed by atoms with E-state index in [0.29, 0.717) is 6.07 Å². The van der Waals surface area contributed by atoms with E-state index < -0.39 is 26.7 Å². The molecule has 1 heterocycles. The van der Waals surface area contributed by atoms with Crippen molar-refractivity contribution in [1.82, 2.24) is 10.0 Å². The molecule has 2 rings (SSSR count). The van der Waals surface area contributed by atoms with Crippen molar-refractivity contribution in [2.24, 2.45) is 0 Å². The van der Waals surface area contributed by atoms with Crippen molar-refractivity contribution < 1.29 is 21.6 Å². The minimum absolute atomic E-state index is 0.0253. The molecule has 4 nitrogen and oxygen atoms in total. The van der Waals surface area contributed by atoms with Gasteiger partial charge in [0.25, 0.3) is 0 Å². The molecule has 0 aromatic heterocycles. The molecule has 118 valence electrons. The predicted molar refractivity (Wildman–Crippen MR) is 75.4 cm³/mol. The first kappa shape index (κ1) is 16.7. The van der Waals surface area contributed by atoms with Gasteiger partial charge in [-0.3, -0.25) is 0 Å². The first-order valence-corrected chi connectivity index (χ1v) is 8.57. The molecule has 0 bridgehead atoms. The second-order valence-corrected chi connectivity index (χ2v) is 7.41. The van der Waals surface area contributed by atoms with Gasteiger partial charge in [0, 0.05) is 17.1 Å². The molecule has 9 heteroatoms. The highest BCUT2D eigenvalue weighted by Crippen LogP contribution is 2.36. The normalized spacial score (nSPS) is 19.9. The van der Waals surface area contributed by atoms with Crippen LogP contribution in [0.15, 0.2) is 27.6 Å². The fourth-order valence-electron chi connectivity index (χ4n) is 2.11. The van der Waals surface area contributed by atoms with Gasteiger partial charge in [0.05, 0.1) is 10.5 Å². The number of nitrogens with one attached hydrogen (secondary N) is 2. The summed E-state index contributed by atoms with van der Waals surface area (Å²) < 4.78 is 64.6. The lowest BCUT2D eigenvalue weighted by Crippen LogP contribution is -2.37. The summed E-state index contributed by atoms with van der Waals surface area (Å²) >= 11 is 2.78. The van der Waals surface area contributed by atoms with E-state index in [9.17, 15) is 21.6 Å². The fraction of sp³-hybridized carbons (Fsp3) is 0.500. The van der Waals surface area contributed by atoms with E-state index in [0.717, 1.165) is 31.5 Å². The Morgan fingerprint density at radius 2 is 2.10 bits per heavy atom. The molecule has 1 saturated heterocycles. The average Bonchev–Trinajstić information content (AvgIpc) is 2.88. The van der Waals surface area contributed by atoms with Crippen molar-refractivity contribution in [3.05, 3.63) is 28.2 Å². The zero-order valence-corrected chi connectivity index (χ0v) is 13.3. The van der Waals surface area contributed by atoms with E-state index in [-0.39, 0.29) is 17.1 Å². The van der Waals surface area contributed by atoms with Gasteiger partial charge in [0.1, 0.15) is 0 Å².